The summed E-state index contributed by atoms with van der Waals surface area (Å²) in [6.07, 6.45) is 56.5. The van der Waals surface area contributed by atoms with E-state index in [9.17, 15) is 19.4 Å². The summed E-state index contributed by atoms with van der Waals surface area (Å²) in [5, 5.41) is 9.93. The second-order valence-electron chi connectivity index (χ2n) is 19.8. The molecule has 0 bridgehead atoms. The van der Waals surface area contributed by atoms with Crippen molar-refractivity contribution in [1.82, 2.24) is 0 Å². The Bertz CT molecular complexity index is 945. The maximum atomic E-state index is 12.0. The molecule has 0 rings (SSSR count). The molecule has 0 aromatic rings. The summed E-state index contributed by atoms with van der Waals surface area (Å²) in [7, 11) is 1.58. The fourth-order valence-electron chi connectivity index (χ4n) is 8.19. The van der Waals surface area contributed by atoms with Crippen LogP contribution in [-0.2, 0) is 23.1 Å². The first-order valence-electron chi connectivity index (χ1n) is 26.8. The van der Waals surface area contributed by atoms with Crippen LogP contribution in [0.2, 0.25) is 0 Å². The van der Waals surface area contributed by atoms with E-state index in [0.717, 1.165) is 19.3 Å². The van der Waals surface area contributed by atoms with E-state index in [1.54, 1.807) is 0 Å². The molecule has 2 unspecified atom stereocenters. The number of carbonyl (C=O) groups excluding carboxylic acids is 1. The van der Waals surface area contributed by atoms with Crippen LogP contribution in [-0.4, -0.2) is 74.1 Å². The number of aliphatic hydroxyl groups excluding tert-OH is 1. The van der Waals surface area contributed by atoms with Gasteiger partial charge in [0, 0.05) is 6.42 Å². The Balaban J connectivity index is 3.24. The summed E-state index contributed by atoms with van der Waals surface area (Å²) >= 11 is 0. The molecule has 0 saturated heterocycles. The maximum absolute atomic E-state index is 12.0. The number of esters is 1. The van der Waals surface area contributed by atoms with Crippen molar-refractivity contribution < 1.29 is 37.6 Å². The van der Waals surface area contributed by atoms with Crippen LogP contribution in [0, 0.1) is 0 Å². The first kappa shape index (κ1) is 60.5. The molecule has 366 valence electrons. The minimum atomic E-state index is -4.25. The zero-order chi connectivity index (χ0) is 44.8. The summed E-state index contributed by atoms with van der Waals surface area (Å²) in [6, 6.07) is 0. The molecule has 0 amide bonds. The van der Waals surface area contributed by atoms with E-state index in [-0.39, 0.29) is 19.2 Å². The maximum Gasteiger partial charge on any atom is 0.472 e. The third kappa shape index (κ3) is 52.0. The van der Waals surface area contributed by atoms with Crippen LogP contribution >= 0.6 is 7.82 Å². The lowest BCUT2D eigenvalue weighted by Gasteiger charge is -2.24. The smallest absolute Gasteiger partial charge is 0.463 e. The molecule has 0 heterocycles. The molecule has 2 atom stereocenters. The topological polar surface area (TPSA) is 102 Å². The summed E-state index contributed by atoms with van der Waals surface area (Å²) in [5.74, 6) is -0.364. The zero-order valence-corrected chi connectivity index (χ0v) is 42.3. The second kappa shape index (κ2) is 46.0. The highest BCUT2D eigenvalue weighted by Crippen LogP contribution is 2.43. The Labute approximate surface area is 380 Å². The average Bonchev–Trinajstić information content (AvgIpc) is 3.22. The van der Waals surface area contributed by atoms with Gasteiger partial charge in [0.05, 0.1) is 27.7 Å². The van der Waals surface area contributed by atoms with Crippen molar-refractivity contribution in [1.29, 1.82) is 0 Å². The number of ether oxygens (including phenoxy) is 1. The van der Waals surface area contributed by atoms with Gasteiger partial charge in [0.1, 0.15) is 25.9 Å². The molecule has 0 aliphatic rings. The van der Waals surface area contributed by atoms with E-state index < -0.39 is 20.5 Å². The Hall–Kier alpha value is -0.500. The van der Waals surface area contributed by atoms with Gasteiger partial charge in [0.2, 0.25) is 0 Å². The van der Waals surface area contributed by atoms with Gasteiger partial charge in [-0.05, 0) is 6.42 Å². The van der Waals surface area contributed by atoms with Crippen molar-refractivity contribution in [2.75, 3.05) is 47.5 Å². The van der Waals surface area contributed by atoms with Crippen molar-refractivity contribution in [2.24, 2.45) is 0 Å². The van der Waals surface area contributed by atoms with Gasteiger partial charge in [-0.2, -0.15) is 0 Å². The molecular weight excluding hydrogens is 782 g/mol. The second-order valence-corrected chi connectivity index (χ2v) is 21.3. The summed E-state index contributed by atoms with van der Waals surface area (Å²) < 4.78 is 27.3. The van der Waals surface area contributed by atoms with Crippen LogP contribution in [0.5, 0.6) is 0 Å². The predicted octanol–water partition coefficient (Wildman–Crippen LogP) is 16.1. The molecule has 9 heteroatoms. The highest BCUT2D eigenvalue weighted by Gasteiger charge is 2.24. The number of phosphoric ester groups is 1. The van der Waals surface area contributed by atoms with Crippen molar-refractivity contribution >= 4 is 13.8 Å². The van der Waals surface area contributed by atoms with Gasteiger partial charge >= 0.3 is 13.8 Å². The number of phosphoric acid groups is 1. The molecule has 0 saturated carbocycles. The molecule has 0 aromatic heterocycles. The average molecular weight is 889 g/mol. The van der Waals surface area contributed by atoms with Crippen molar-refractivity contribution in [3.05, 3.63) is 0 Å². The van der Waals surface area contributed by atoms with Gasteiger partial charge in [-0.1, -0.05) is 264 Å². The third-order valence-electron chi connectivity index (χ3n) is 12.4. The molecule has 2 N–H and O–H groups in total. The highest BCUT2D eigenvalue weighted by atomic mass is 31.2. The SMILES string of the molecule is CCCCCCCCCCCCCCCCCCCCCCCCCCCCCCCCCCCCCCCCCCCC(=O)OCC(O)COP(=O)(O)OCC[N+](C)(C)C. The quantitative estimate of drug-likeness (QED) is 0.0271. The Morgan fingerprint density at radius 1 is 0.443 bits per heavy atom. The number of likely N-dealkylation sites (N-methyl/N-ethyl adjacent to an activating group) is 1. The Kier molecular flexibility index (Phi) is 45.7. The molecular formula is C52H107NO7P+. The fraction of sp³-hybridized carbons (Fsp3) is 0.981. The van der Waals surface area contributed by atoms with Gasteiger partial charge in [0.15, 0.2) is 0 Å². The van der Waals surface area contributed by atoms with Crippen molar-refractivity contribution in [3.63, 3.8) is 0 Å². The van der Waals surface area contributed by atoms with Crippen molar-refractivity contribution in [3.8, 4) is 0 Å². The highest BCUT2D eigenvalue weighted by molar-refractivity contribution is 7.47. The van der Waals surface area contributed by atoms with Gasteiger partial charge in [-0.15, -0.1) is 0 Å². The number of nitrogens with zero attached hydrogens (tertiary/aromatic N) is 1. The first-order valence-corrected chi connectivity index (χ1v) is 28.3. The van der Waals surface area contributed by atoms with Gasteiger partial charge < -0.3 is 19.2 Å². The summed E-state index contributed by atoms with van der Waals surface area (Å²) in [4.78, 5) is 21.7. The zero-order valence-electron chi connectivity index (χ0n) is 41.4. The number of unbranched alkanes of at least 4 members (excludes halogenated alkanes) is 40. The number of rotatable bonds is 51. The van der Waals surface area contributed by atoms with E-state index in [1.807, 2.05) is 21.1 Å². The number of carbonyl (C=O) groups is 1. The van der Waals surface area contributed by atoms with Crippen LogP contribution in [0.1, 0.15) is 277 Å². The standard InChI is InChI=1S/C52H106NO7P/c1-5-6-7-8-9-10-11-12-13-14-15-16-17-18-19-20-21-22-23-24-25-26-27-28-29-30-31-32-33-34-35-36-37-38-39-40-41-42-43-44-45-46-52(55)58-49-51(54)50-60-61(56,57)59-48-47-53(2,3)4/h51,54H,5-50H2,1-4H3/p+1. The lowest BCUT2D eigenvalue weighted by Crippen LogP contribution is -2.37. The van der Waals surface area contributed by atoms with E-state index in [1.165, 1.54) is 244 Å². The van der Waals surface area contributed by atoms with Crippen molar-refractivity contribution in [2.45, 2.75) is 283 Å². The Morgan fingerprint density at radius 3 is 0.967 bits per heavy atom. The Morgan fingerprint density at radius 2 is 0.705 bits per heavy atom. The van der Waals surface area contributed by atoms with Gasteiger partial charge in [0.25, 0.3) is 0 Å². The molecule has 0 aromatic carbocycles. The number of quaternary nitrogens is 1. The van der Waals surface area contributed by atoms with Gasteiger partial charge in [-0.25, -0.2) is 4.57 Å². The lowest BCUT2D eigenvalue weighted by molar-refractivity contribution is -0.870. The molecule has 61 heavy (non-hydrogen) atoms. The normalized spacial score (nSPS) is 13.5. The minimum absolute atomic E-state index is 0.0577. The number of hydrogen-bond acceptors (Lipinski definition) is 6. The fourth-order valence-corrected chi connectivity index (χ4v) is 8.94. The van der Waals surface area contributed by atoms with Gasteiger partial charge in [-0.3, -0.25) is 13.8 Å². The van der Waals surface area contributed by atoms with Crippen LogP contribution < -0.4 is 0 Å². The van der Waals surface area contributed by atoms with E-state index in [0.29, 0.717) is 17.4 Å². The monoisotopic (exact) mass is 889 g/mol. The molecule has 0 aliphatic heterocycles. The number of aliphatic hydroxyl groups is 1. The molecule has 0 spiro atoms. The summed E-state index contributed by atoms with van der Waals surface area (Å²) in [6.45, 7) is 2.19. The van der Waals surface area contributed by atoms with E-state index in [4.69, 9.17) is 13.8 Å². The van der Waals surface area contributed by atoms with Crippen LogP contribution in [0.25, 0.3) is 0 Å². The summed E-state index contributed by atoms with van der Waals surface area (Å²) in [5.41, 5.74) is 0. The molecule has 0 aliphatic carbocycles. The molecule has 0 fully saturated rings. The number of hydrogen-bond donors (Lipinski definition) is 2. The predicted molar refractivity (Wildman–Crippen MR) is 261 cm³/mol. The van der Waals surface area contributed by atoms with E-state index >= 15 is 0 Å². The molecule has 8 nitrogen and oxygen atoms in total. The lowest BCUT2D eigenvalue weighted by atomic mass is 10.0. The van der Waals surface area contributed by atoms with Crippen LogP contribution in [0.4, 0.5) is 0 Å². The van der Waals surface area contributed by atoms with E-state index in [2.05, 4.69) is 6.92 Å². The van der Waals surface area contributed by atoms with Crippen LogP contribution in [0.15, 0.2) is 0 Å². The van der Waals surface area contributed by atoms with Crippen LogP contribution in [0.3, 0.4) is 0 Å². The third-order valence-corrected chi connectivity index (χ3v) is 13.4. The first-order chi connectivity index (χ1) is 29.6. The largest absolute Gasteiger partial charge is 0.472 e. The minimum Gasteiger partial charge on any atom is -0.463 e. The molecule has 0 radical (unpaired) electrons.